The zero-order chi connectivity index (χ0) is 21.0. The van der Waals surface area contributed by atoms with E-state index >= 15 is 0 Å². The van der Waals surface area contributed by atoms with Crippen molar-refractivity contribution in [2.24, 2.45) is 52.3 Å². The molecule has 4 aliphatic rings. The first-order valence-corrected chi connectivity index (χ1v) is 12.7. The highest BCUT2D eigenvalue weighted by molar-refractivity contribution is 5.30. The number of fused-ring (bicyclic) bond motifs is 5. The minimum Gasteiger partial charge on any atom is -0.393 e. The van der Waals surface area contributed by atoms with Crippen LogP contribution in [0, 0.1) is 52.3 Å². The summed E-state index contributed by atoms with van der Waals surface area (Å²) in [7, 11) is 0. The molecule has 1 heteroatoms. The Kier molecular flexibility index (Phi) is 5.86. The molecule has 4 rings (SSSR count). The first kappa shape index (κ1) is 21.7. The highest BCUT2D eigenvalue weighted by Gasteiger charge is 2.57. The highest BCUT2D eigenvalue weighted by Crippen LogP contribution is 2.66. The third kappa shape index (κ3) is 3.58. The first-order chi connectivity index (χ1) is 13.7. The summed E-state index contributed by atoms with van der Waals surface area (Å²) in [5, 5.41) is 10.3. The predicted molar refractivity (Wildman–Crippen MR) is 124 cm³/mol. The number of aliphatic hydroxyl groups excluding tert-OH is 1. The van der Waals surface area contributed by atoms with Crippen LogP contribution in [0.2, 0.25) is 0 Å². The van der Waals surface area contributed by atoms with Crippen molar-refractivity contribution in [1.29, 1.82) is 0 Å². The molecule has 29 heavy (non-hydrogen) atoms. The normalized spacial score (nSPS) is 46.8. The number of hydrogen-bond acceptors (Lipinski definition) is 1. The standard InChI is InChI=1S/C28H46O/c1-18(2)19(3)7-8-20(4)24-11-12-25-23-10-9-21-17-22(29)13-15-27(21,5)26(23)14-16-28(24,25)6/h7-8,12,18-24,26,29H,9-11,13-17H2,1-6H3/b8-7+/t19?,20?,21-,22-,23?,24+,26?,27-,28+/m0/s1. The fourth-order valence-electron chi connectivity index (χ4n) is 8.10. The Balaban J connectivity index is 1.51. The fraction of sp³-hybridized carbons (Fsp3) is 0.857. The van der Waals surface area contributed by atoms with Gasteiger partial charge in [0.05, 0.1) is 6.10 Å². The van der Waals surface area contributed by atoms with Crippen LogP contribution in [0.5, 0.6) is 0 Å². The summed E-state index contributed by atoms with van der Waals surface area (Å²) in [6.07, 6.45) is 17.8. The summed E-state index contributed by atoms with van der Waals surface area (Å²) in [5.41, 5.74) is 2.74. The molecule has 0 amide bonds. The van der Waals surface area contributed by atoms with E-state index in [4.69, 9.17) is 0 Å². The Morgan fingerprint density at radius 1 is 1.00 bits per heavy atom. The van der Waals surface area contributed by atoms with Crippen molar-refractivity contribution in [2.45, 2.75) is 99.0 Å². The second-order valence-electron chi connectivity index (χ2n) is 12.2. The van der Waals surface area contributed by atoms with Crippen molar-refractivity contribution in [2.75, 3.05) is 0 Å². The van der Waals surface area contributed by atoms with Crippen molar-refractivity contribution in [3.8, 4) is 0 Å². The van der Waals surface area contributed by atoms with Gasteiger partial charge in [-0.3, -0.25) is 0 Å². The van der Waals surface area contributed by atoms with E-state index in [0.717, 1.165) is 42.4 Å². The summed E-state index contributed by atoms with van der Waals surface area (Å²) in [5.74, 6) is 5.29. The molecule has 4 unspecified atom stereocenters. The molecule has 9 atom stereocenters. The Morgan fingerprint density at radius 3 is 2.48 bits per heavy atom. The third-order valence-electron chi connectivity index (χ3n) is 10.5. The van der Waals surface area contributed by atoms with Crippen molar-refractivity contribution in [1.82, 2.24) is 0 Å². The lowest BCUT2D eigenvalue weighted by Gasteiger charge is -2.59. The van der Waals surface area contributed by atoms with Crippen LogP contribution in [-0.4, -0.2) is 11.2 Å². The van der Waals surface area contributed by atoms with Crippen molar-refractivity contribution in [3.05, 3.63) is 23.8 Å². The van der Waals surface area contributed by atoms with E-state index in [2.05, 4.69) is 59.8 Å². The van der Waals surface area contributed by atoms with Crippen LogP contribution < -0.4 is 0 Å². The first-order valence-electron chi connectivity index (χ1n) is 12.7. The molecule has 0 aromatic heterocycles. The van der Waals surface area contributed by atoms with Crippen molar-refractivity contribution < 1.29 is 5.11 Å². The average Bonchev–Trinajstić information content (AvgIpc) is 3.03. The van der Waals surface area contributed by atoms with Crippen LogP contribution in [0.3, 0.4) is 0 Å². The predicted octanol–water partition coefficient (Wildman–Crippen LogP) is 7.41. The van der Waals surface area contributed by atoms with Crippen LogP contribution in [0.1, 0.15) is 92.9 Å². The lowest BCUT2D eigenvalue weighted by molar-refractivity contribution is -0.0852. The molecule has 0 bridgehead atoms. The van der Waals surface area contributed by atoms with Gasteiger partial charge in [0.2, 0.25) is 0 Å². The lowest BCUT2D eigenvalue weighted by Crippen LogP contribution is -2.52. The molecule has 0 aromatic carbocycles. The maximum atomic E-state index is 10.3. The lowest BCUT2D eigenvalue weighted by atomic mass is 9.45. The molecule has 0 radical (unpaired) electrons. The molecular formula is C28H46O. The van der Waals surface area contributed by atoms with Crippen LogP contribution in [-0.2, 0) is 0 Å². The summed E-state index contributed by atoms with van der Waals surface area (Å²) < 4.78 is 0. The van der Waals surface area contributed by atoms with Gasteiger partial charge in [0.25, 0.3) is 0 Å². The Bertz CT molecular complexity index is 659. The molecule has 0 saturated heterocycles. The molecule has 0 heterocycles. The Morgan fingerprint density at radius 2 is 1.76 bits per heavy atom. The molecule has 3 saturated carbocycles. The number of aliphatic hydroxyl groups is 1. The SMILES string of the molecule is CC(C)C(C)/C=C/C(C)[C@H]1CC=C2C3CC[C@H]4C[C@@H](O)CC[C@]4(C)C3CC[C@@]21C. The van der Waals surface area contributed by atoms with Crippen molar-refractivity contribution >= 4 is 0 Å². The fourth-order valence-corrected chi connectivity index (χ4v) is 8.10. The minimum absolute atomic E-state index is 0.0329. The Labute approximate surface area is 180 Å². The van der Waals surface area contributed by atoms with E-state index in [9.17, 15) is 5.11 Å². The van der Waals surface area contributed by atoms with Gasteiger partial charge in [-0.1, -0.05) is 65.3 Å². The molecule has 3 fully saturated rings. The molecule has 4 aliphatic carbocycles. The molecule has 164 valence electrons. The van der Waals surface area contributed by atoms with Gasteiger partial charge >= 0.3 is 0 Å². The van der Waals surface area contributed by atoms with Gasteiger partial charge in [-0.15, -0.1) is 0 Å². The Hall–Kier alpha value is -0.560. The van der Waals surface area contributed by atoms with E-state index in [-0.39, 0.29) is 6.10 Å². The zero-order valence-electron chi connectivity index (χ0n) is 20.0. The quantitative estimate of drug-likeness (QED) is 0.489. The van der Waals surface area contributed by atoms with Crippen LogP contribution in [0.25, 0.3) is 0 Å². The molecule has 1 nitrogen and oxygen atoms in total. The smallest absolute Gasteiger partial charge is 0.0543 e. The largest absolute Gasteiger partial charge is 0.393 e. The second kappa shape index (κ2) is 7.85. The molecule has 0 aromatic rings. The molecular weight excluding hydrogens is 352 g/mol. The zero-order valence-corrected chi connectivity index (χ0v) is 20.0. The summed E-state index contributed by atoms with van der Waals surface area (Å²) in [6.45, 7) is 14.7. The van der Waals surface area contributed by atoms with Gasteiger partial charge in [-0.25, -0.2) is 0 Å². The summed E-state index contributed by atoms with van der Waals surface area (Å²) in [4.78, 5) is 0. The van der Waals surface area contributed by atoms with Crippen LogP contribution in [0.15, 0.2) is 23.8 Å². The molecule has 0 spiro atoms. The van der Waals surface area contributed by atoms with E-state index in [1.807, 2.05) is 5.57 Å². The second-order valence-corrected chi connectivity index (χ2v) is 12.2. The number of hydrogen-bond donors (Lipinski definition) is 1. The van der Waals surface area contributed by atoms with Crippen molar-refractivity contribution in [3.63, 3.8) is 0 Å². The highest BCUT2D eigenvalue weighted by atomic mass is 16.3. The maximum Gasteiger partial charge on any atom is 0.0543 e. The van der Waals surface area contributed by atoms with Gasteiger partial charge < -0.3 is 5.11 Å². The maximum absolute atomic E-state index is 10.3. The summed E-state index contributed by atoms with van der Waals surface area (Å²) >= 11 is 0. The monoisotopic (exact) mass is 398 g/mol. The summed E-state index contributed by atoms with van der Waals surface area (Å²) in [6, 6.07) is 0. The average molecular weight is 399 g/mol. The van der Waals surface area contributed by atoms with Gasteiger partial charge in [-0.2, -0.15) is 0 Å². The topological polar surface area (TPSA) is 20.2 Å². The van der Waals surface area contributed by atoms with E-state index in [1.165, 1.54) is 38.5 Å². The van der Waals surface area contributed by atoms with Gasteiger partial charge in [0, 0.05) is 0 Å². The number of rotatable bonds is 4. The number of allylic oxidation sites excluding steroid dienone is 4. The van der Waals surface area contributed by atoms with E-state index < -0.39 is 0 Å². The van der Waals surface area contributed by atoms with E-state index in [1.54, 1.807) is 0 Å². The van der Waals surface area contributed by atoms with Gasteiger partial charge in [0.15, 0.2) is 0 Å². The molecule has 0 aliphatic heterocycles. The van der Waals surface area contributed by atoms with Gasteiger partial charge in [0.1, 0.15) is 0 Å². The van der Waals surface area contributed by atoms with Crippen LogP contribution >= 0.6 is 0 Å². The third-order valence-corrected chi connectivity index (χ3v) is 10.5. The van der Waals surface area contributed by atoms with Gasteiger partial charge in [-0.05, 0) is 104 Å². The van der Waals surface area contributed by atoms with E-state index in [0.29, 0.717) is 22.7 Å². The minimum atomic E-state index is -0.0329. The molecule has 1 N–H and O–H groups in total. The van der Waals surface area contributed by atoms with Crippen LogP contribution in [0.4, 0.5) is 0 Å².